The molecule has 5 heteroatoms. The van der Waals surface area contributed by atoms with Crippen LogP contribution in [0.15, 0.2) is 18.2 Å². The van der Waals surface area contributed by atoms with Crippen LogP contribution in [0, 0.1) is 12.3 Å². The molecule has 1 aromatic carbocycles. The first-order valence-corrected chi connectivity index (χ1v) is 7.53. The summed E-state index contributed by atoms with van der Waals surface area (Å²) in [6.45, 7) is 3.55. The fourth-order valence-corrected chi connectivity index (χ4v) is 3.07. The van der Waals surface area contributed by atoms with E-state index in [1.807, 2.05) is 6.92 Å². The Labute approximate surface area is 129 Å². The first-order valence-electron chi connectivity index (χ1n) is 7.15. The Morgan fingerprint density at radius 3 is 2.76 bits per heavy atom. The first kappa shape index (κ1) is 15.8. The molecule has 0 bridgehead atoms. The van der Waals surface area contributed by atoms with Crippen molar-refractivity contribution < 1.29 is 14.7 Å². The van der Waals surface area contributed by atoms with Gasteiger partial charge in [-0.2, -0.15) is 0 Å². The third-order valence-electron chi connectivity index (χ3n) is 4.45. The number of rotatable bonds is 3. The van der Waals surface area contributed by atoms with E-state index in [9.17, 15) is 14.7 Å². The van der Waals surface area contributed by atoms with E-state index in [1.54, 1.807) is 25.1 Å². The molecule has 2 rings (SSSR count). The smallest absolute Gasteiger partial charge is 0.311 e. The molecule has 0 aliphatic heterocycles. The number of hydrogen-bond acceptors (Lipinski definition) is 2. The van der Waals surface area contributed by atoms with E-state index in [4.69, 9.17) is 11.6 Å². The predicted molar refractivity (Wildman–Crippen MR) is 81.7 cm³/mol. The maximum absolute atomic E-state index is 12.4. The molecule has 1 fully saturated rings. The number of aryl methyl sites for hydroxylation is 1. The zero-order valence-electron chi connectivity index (χ0n) is 12.3. The van der Waals surface area contributed by atoms with Crippen LogP contribution in [0.2, 0.25) is 5.02 Å². The SMILES string of the molecule is Cc1ccc(Cl)cc1C(=O)NC1CCCCC1(C)C(=O)O. The number of carbonyl (C=O) groups excluding carboxylic acids is 1. The van der Waals surface area contributed by atoms with Gasteiger partial charge in [-0.15, -0.1) is 0 Å². The van der Waals surface area contributed by atoms with E-state index < -0.39 is 11.4 Å². The number of nitrogens with one attached hydrogen (secondary N) is 1. The quantitative estimate of drug-likeness (QED) is 0.899. The molecule has 2 atom stereocenters. The summed E-state index contributed by atoms with van der Waals surface area (Å²) >= 11 is 5.94. The third-order valence-corrected chi connectivity index (χ3v) is 4.68. The lowest BCUT2D eigenvalue weighted by atomic mass is 9.71. The summed E-state index contributed by atoms with van der Waals surface area (Å²) in [5.74, 6) is -1.11. The lowest BCUT2D eigenvalue weighted by Gasteiger charge is -2.38. The first-order chi connectivity index (χ1) is 9.84. The van der Waals surface area contributed by atoms with Crippen molar-refractivity contribution >= 4 is 23.5 Å². The fourth-order valence-electron chi connectivity index (χ4n) is 2.90. The van der Waals surface area contributed by atoms with Gasteiger partial charge in [0, 0.05) is 16.6 Å². The van der Waals surface area contributed by atoms with Crippen LogP contribution in [-0.4, -0.2) is 23.0 Å². The van der Waals surface area contributed by atoms with Crippen molar-refractivity contribution in [3.05, 3.63) is 34.3 Å². The van der Waals surface area contributed by atoms with Gasteiger partial charge < -0.3 is 10.4 Å². The minimum Gasteiger partial charge on any atom is -0.481 e. The normalized spacial score (nSPS) is 25.4. The minimum absolute atomic E-state index is 0.255. The number of halogens is 1. The van der Waals surface area contributed by atoms with Crippen LogP contribution in [0.3, 0.4) is 0 Å². The van der Waals surface area contributed by atoms with Gasteiger partial charge in [0.15, 0.2) is 0 Å². The standard InChI is InChI=1S/C16H20ClNO3/c1-10-6-7-11(17)9-12(10)14(19)18-13-5-3-4-8-16(13,2)15(20)21/h6-7,9,13H,3-5,8H2,1-2H3,(H,18,19)(H,20,21). The van der Waals surface area contributed by atoms with Gasteiger partial charge in [0.05, 0.1) is 5.41 Å². The molecule has 21 heavy (non-hydrogen) atoms. The number of carbonyl (C=O) groups is 2. The Kier molecular flexibility index (Phi) is 4.57. The average Bonchev–Trinajstić information content (AvgIpc) is 2.43. The molecular formula is C16H20ClNO3. The Hall–Kier alpha value is -1.55. The molecule has 4 nitrogen and oxygen atoms in total. The number of carboxylic acid groups (broad SMARTS) is 1. The van der Waals surface area contributed by atoms with Gasteiger partial charge in [-0.3, -0.25) is 9.59 Å². The monoisotopic (exact) mass is 309 g/mol. The van der Waals surface area contributed by atoms with E-state index >= 15 is 0 Å². The third kappa shape index (κ3) is 3.21. The van der Waals surface area contributed by atoms with Crippen molar-refractivity contribution in [2.75, 3.05) is 0 Å². The van der Waals surface area contributed by atoms with Crippen LogP contribution >= 0.6 is 11.6 Å². The predicted octanol–water partition coefficient (Wildman–Crippen LogP) is 3.41. The van der Waals surface area contributed by atoms with Crippen LogP contribution in [0.4, 0.5) is 0 Å². The summed E-state index contributed by atoms with van der Waals surface area (Å²) in [7, 11) is 0. The summed E-state index contributed by atoms with van der Waals surface area (Å²) in [4.78, 5) is 24.0. The largest absolute Gasteiger partial charge is 0.481 e. The topological polar surface area (TPSA) is 66.4 Å². The molecule has 0 saturated heterocycles. The van der Waals surface area contributed by atoms with Gasteiger partial charge in [-0.05, 0) is 44.4 Å². The molecule has 0 spiro atoms. The molecule has 2 unspecified atom stereocenters. The fraction of sp³-hybridized carbons (Fsp3) is 0.500. The van der Waals surface area contributed by atoms with Crippen molar-refractivity contribution in [2.45, 2.75) is 45.6 Å². The number of carboxylic acids is 1. The van der Waals surface area contributed by atoms with Crippen molar-refractivity contribution in [2.24, 2.45) is 5.41 Å². The molecule has 1 saturated carbocycles. The van der Waals surface area contributed by atoms with E-state index in [-0.39, 0.29) is 11.9 Å². The molecule has 0 radical (unpaired) electrons. The molecule has 114 valence electrons. The summed E-state index contributed by atoms with van der Waals surface area (Å²) in [6.07, 6.45) is 3.09. The van der Waals surface area contributed by atoms with Gasteiger partial charge in [0.1, 0.15) is 0 Å². The van der Waals surface area contributed by atoms with Gasteiger partial charge in [-0.25, -0.2) is 0 Å². The van der Waals surface area contributed by atoms with Crippen LogP contribution in [0.25, 0.3) is 0 Å². The summed E-state index contributed by atoms with van der Waals surface area (Å²) in [5, 5.41) is 12.9. The highest BCUT2D eigenvalue weighted by atomic mass is 35.5. The minimum atomic E-state index is -0.902. The highest BCUT2D eigenvalue weighted by molar-refractivity contribution is 6.31. The van der Waals surface area contributed by atoms with Crippen molar-refractivity contribution in [1.29, 1.82) is 0 Å². The molecular weight excluding hydrogens is 290 g/mol. The molecule has 1 amide bonds. The number of aliphatic carboxylic acids is 1. The van der Waals surface area contributed by atoms with E-state index in [0.717, 1.165) is 18.4 Å². The Balaban J connectivity index is 2.21. The van der Waals surface area contributed by atoms with Gasteiger partial charge in [-0.1, -0.05) is 30.5 Å². The van der Waals surface area contributed by atoms with Gasteiger partial charge in [0.25, 0.3) is 5.91 Å². The number of hydrogen-bond donors (Lipinski definition) is 2. The second-order valence-corrected chi connectivity index (χ2v) is 6.39. The maximum Gasteiger partial charge on any atom is 0.311 e. The summed E-state index contributed by atoms with van der Waals surface area (Å²) in [6, 6.07) is 4.78. The zero-order valence-corrected chi connectivity index (χ0v) is 13.0. The van der Waals surface area contributed by atoms with Crippen molar-refractivity contribution in [1.82, 2.24) is 5.32 Å². The molecule has 0 aromatic heterocycles. The molecule has 1 aromatic rings. The second-order valence-electron chi connectivity index (χ2n) is 5.95. The number of benzene rings is 1. The zero-order chi connectivity index (χ0) is 15.6. The molecule has 0 heterocycles. The maximum atomic E-state index is 12.4. The van der Waals surface area contributed by atoms with Crippen LogP contribution in [-0.2, 0) is 4.79 Å². The number of amides is 1. The molecule has 1 aliphatic rings. The second kappa shape index (κ2) is 6.06. The van der Waals surface area contributed by atoms with E-state index in [0.29, 0.717) is 23.4 Å². The Bertz CT molecular complexity index is 573. The van der Waals surface area contributed by atoms with Gasteiger partial charge in [0.2, 0.25) is 0 Å². The highest BCUT2D eigenvalue weighted by Gasteiger charge is 2.43. The lowest BCUT2D eigenvalue weighted by molar-refractivity contribution is -0.151. The summed E-state index contributed by atoms with van der Waals surface area (Å²) in [5.41, 5.74) is 0.422. The van der Waals surface area contributed by atoms with Crippen LogP contribution in [0.5, 0.6) is 0 Å². The average molecular weight is 310 g/mol. The summed E-state index contributed by atoms with van der Waals surface area (Å²) < 4.78 is 0. The Morgan fingerprint density at radius 1 is 1.38 bits per heavy atom. The lowest BCUT2D eigenvalue weighted by Crippen LogP contribution is -2.52. The van der Waals surface area contributed by atoms with Crippen molar-refractivity contribution in [3.63, 3.8) is 0 Å². The van der Waals surface area contributed by atoms with Crippen molar-refractivity contribution in [3.8, 4) is 0 Å². The van der Waals surface area contributed by atoms with Gasteiger partial charge >= 0.3 is 5.97 Å². The highest BCUT2D eigenvalue weighted by Crippen LogP contribution is 2.36. The van der Waals surface area contributed by atoms with Crippen LogP contribution in [0.1, 0.15) is 48.5 Å². The van der Waals surface area contributed by atoms with E-state index in [2.05, 4.69) is 5.32 Å². The molecule has 1 aliphatic carbocycles. The molecule has 2 N–H and O–H groups in total. The van der Waals surface area contributed by atoms with Crippen LogP contribution < -0.4 is 5.32 Å². The van der Waals surface area contributed by atoms with E-state index in [1.165, 1.54) is 0 Å². The Morgan fingerprint density at radius 2 is 2.10 bits per heavy atom.